The lowest BCUT2D eigenvalue weighted by molar-refractivity contribution is -0.131. The number of hydrogen-bond acceptors (Lipinski definition) is 6. The van der Waals surface area contributed by atoms with E-state index in [1.165, 1.54) is 27.1 Å². The molecular weight excluding hydrogens is 500 g/mol. The average Bonchev–Trinajstić information content (AvgIpc) is 3.42. The van der Waals surface area contributed by atoms with Gasteiger partial charge in [-0.1, -0.05) is 71.5 Å². The highest BCUT2D eigenvalue weighted by atomic mass is 35.5. The van der Waals surface area contributed by atoms with Gasteiger partial charge in [-0.25, -0.2) is 5.01 Å². The van der Waals surface area contributed by atoms with Crippen LogP contribution in [0.3, 0.4) is 0 Å². The first-order chi connectivity index (χ1) is 16.9. The van der Waals surface area contributed by atoms with E-state index in [1.807, 2.05) is 42.5 Å². The van der Waals surface area contributed by atoms with Gasteiger partial charge in [0.05, 0.1) is 11.8 Å². The van der Waals surface area contributed by atoms with Crippen LogP contribution in [-0.2, 0) is 11.8 Å². The Balaban J connectivity index is 1.44. The lowest BCUT2D eigenvalue weighted by Gasteiger charge is -2.21. The molecule has 1 N–H and O–H groups in total. The molecule has 0 saturated carbocycles. The zero-order chi connectivity index (χ0) is 24.5. The standard InChI is InChI=1S/C26H21ClN4O2S2/c1-30-25(33)23(35-26(30)34)14-28-15-24(32)31-22(17-8-10-20(27)11-9-17)13-21(29-31)19-7-6-16-4-2-3-5-18(16)12-19/h2-12,14,22,33H,13,15H2,1H3. The molecule has 1 atom stereocenters. The van der Waals surface area contributed by atoms with Crippen molar-refractivity contribution in [2.75, 3.05) is 6.54 Å². The van der Waals surface area contributed by atoms with Crippen molar-refractivity contribution in [2.45, 2.75) is 12.5 Å². The Morgan fingerprint density at radius 2 is 1.94 bits per heavy atom. The van der Waals surface area contributed by atoms with Crippen LogP contribution in [0.5, 0.6) is 5.88 Å². The second-order valence-corrected chi connectivity index (χ2v) is 10.3. The van der Waals surface area contributed by atoms with E-state index in [1.54, 1.807) is 7.05 Å². The number of fused-ring (bicyclic) bond motifs is 1. The number of halogens is 1. The van der Waals surface area contributed by atoms with E-state index in [9.17, 15) is 9.90 Å². The van der Waals surface area contributed by atoms with Crippen LogP contribution in [0.1, 0.15) is 28.5 Å². The summed E-state index contributed by atoms with van der Waals surface area (Å²) < 4.78 is 2.03. The molecule has 0 bridgehead atoms. The van der Waals surface area contributed by atoms with Crippen molar-refractivity contribution in [1.82, 2.24) is 9.58 Å². The zero-order valence-corrected chi connectivity index (χ0v) is 21.1. The van der Waals surface area contributed by atoms with Gasteiger partial charge >= 0.3 is 0 Å². The first-order valence-electron chi connectivity index (χ1n) is 10.9. The van der Waals surface area contributed by atoms with Gasteiger partial charge < -0.3 is 5.11 Å². The highest BCUT2D eigenvalue weighted by Crippen LogP contribution is 2.34. The second-order valence-electron chi connectivity index (χ2n) is 8.20. The first kappa shape index (κ1) is 23.4. The molecule has 0 aliphatic carbocycles. The normalized spacial score (nSPS) is 15.8. The summed E-state index contributed by atoms with van der Waals surface area (Å²) >= 11 is 12.5. The molecule has 6 nitrogen and oxygen atoms in total. The summed E-state index contributed by atoms with van der Waals surface area (Å²) in [4.78, 5) is 18.0. The molecule has 3 aromatic carbocycles. The van der Waals surface area contributed by atoms with Crippen molar-refractivity contribution in [3.63, 3.8) is 0 Å². The Morgan fingerprint density at radius 3 is 2.66 bits per heavy atom. The van der Waals surface area contributed by atoms with Crippen LogP contribution in [-0.4, -0.2) is 39.1 Å². The topological polar surface area (TPSA) is 70.2 Å². The minimum absolute atomic E-state index is 0.0352. The molecule has 1 aliphatic heterocycles. The van der Waals surface area contributed by atoms with E-state index in [0.29, 0.717) is 20.3 Å². The van der Waals surface area contributed by atoms with Gasteiger partial charge in [0.15, 0.2) is 3.95 Å². The van der Waals surface area contributed by atoms with Crippen molar-refractivity contribution < 1.29 is 9.90 Å². The molecule has 1 amide bonds. The van der Waals surface area contributed by atoms with Crippen molar-refractivity contribution in [3.8, 4) is 5.88 Å². The van der Waals surface area contributed by atoms with Crippen LogP contribution in [0, 0.1) is 3.95 Å². The van der Waals surface area contributed by atoms with Crippen LogP contribution < -0.4 is 0 Å². The minimum Gasteiger partial charge on any atom is -0.493 e. The number of thiazole rings is 1. The number of carbonyl (C=O) groups excluding carboxylic acids is 1. The van der Waals surface area contributed by atoms with Gasteiger partial charge in [0.1, 0.15) is 11.4 Å². The van der Waals surface area contributed by atoms with Crippen molar-refractivity contribution in [3.05, 3.63) is 91.7 Å². The van der Waals surface area contributed by atoms with E-state index < -0.39 is 0 Å². The smallest absolute Gasteiger partial charge is 0.264 e. The molecule has 2 heterocycles. The maximum atomic E-state index is 13.2. The summed E-state index contributed by atoms with van der Waals surface area (Å²) in [6.07, 6.45) is 2.06. The number of hydrazone groups is 1. The fourth-order valence-electron chi connectivity index (χ4n) is 4.05. The summed E-state index contributed by atoms with van der Waals surface area (Å²) in [5.74, 6) is -0.205. The van der Waals surface area contributed by atoms with E-state index in [2.05, 4.69) is 29.3 Å². The minimum atomic E-state index is -0.261. The summed E-state index contributed by atoms with van der Waals surface area (Å²) in [6, 6.07) is 21.6. The zero-order valence-electron chi connectivity index (χ0n) is 18.8. The third kappa shape index (κ3) is 4.77. The molecule has 0 saturated heterocycles. The summed E-state index contributed by atoms with van der Waals surface area (Å²) in [5.41, 5.74) is 2.77. The number of aliphatic imine (C=N–C) groups is 1. The lowest BCUT2D eigenvalue weighted by atomic mass is 9.97. The second kappa shape index (κ2) is 9.73. The molecule has 1 aliphatic rings. The molecule has 1 unspecified atom stereocenters. The van der Waals surface area contributed by atoms with E-state index in [0.717, 1.165) is 27.6 Å². The molecule has 176 valence electrons. The Kier molecular flexibility index (Phi) is 6.51. The quantitative estimate of drug-likeness (QED) is 0.254. The van der Waals surface area contributed by atoms with Gasteiger partial charge in [0.25, 0.3) is 5.91 Å². The fourth-order valence-corrected chi connectivity index (χ4v) is 5.30. The molecule has 0 fully saturated rings. The van der Waals surface area contributed by atoms with Crippen LogP contribution in [0.15, 0.2) is 76.8 Å². The molecular formula is C26H21ClN4O2S2. The van der Waals surface area contributed by atoms with Gasteiger partial charge in [0, 0.05) is 24.7 Å². The maximum Gasteiger partial charge on any atom is 0.264 e. The first-order valence-corrected chi connectivity index (χ1v) is 12.5. The van der Waals surface area contributed by atoms with E-state index in [-0.39, 0.29) is 24.4 Å². The number of rotatable bonds is 5. The molecule has 1 aromatic heterocycles. The van der Waals surface area contributed by atoms with Crippen molar-refractivity contribution in [2.24, 2.45) is 17.1 Å². The number of aromatic nitrogens is 1. The largest absolute Gasteiger partial charge is 0.493 e. The highest BCUT2D eigenvalue weighted by molar-refractivity contribution is 7.73. The number of nitrogens with zero attached hydrogens (tertiary/aromatic N) is 4. The molecule has 9 heteroatoms. The van der Waals surface area contributed by atoms with Crippen LogP contribution in [0.2, 0.25) is 5.02 Å². The fraction of sp³-hybridized carbons (Fsp3) is 0.154. The van der Waals surface area contributed by atoms with Crippen molar-refractivity contribution >= 4 is 63.8 Å². The third-order valence-corrected chi connectivity index (χ3v) is 7.68. The Hall–Kier alpha value is -3.33. The molecule has 35 heavy (non-hydrogen) atoms. The summed E-state index contributed by atoms with van der Waals surface area (Å²) in [7, 11) is 1.68. The van der Waals surface area contributed by atoms with Gasteiger partial charge in [0.2, 0.25) is 5.88 Å². The van der Waals surface area contributed by atoms with Gasteiger partial charge in [-0.3, -0.25) is 14.4 Å². The molecule has 5 rings (SSSR count). The third-order valence-electron chi connectivity index (χ3n) is 5.95. The monoisotopic (exact) mass is 520 g/mol. The highest BCUT2D eigenvalue weighted by Gasteiger charge is 2.33. The maximum absolute atomic E-state index is 13.2. The van der Waals surface area contributed by atoms with E-state index >= 15 is 0 Å². The number of benzene rings is 3. The predicted molar refractivity (Wildman–Crippen MR) is 144 cm³/mol. The van der Waals surface area contributed by atoms with Crippen LogP contribution in [0.4, 0.5) is 0 Å². The van der Waals surface area contributed by atoms with Gasteiger partial charge in [-0.15, -0.1) is 0 Å². The Bertz CT molecular complexity index is 1540. The van der Waals surface area contributed by atoms with Crippen molar-refractivity contribution in [1.29, 1.82) is 0 Å². The molecule has 0 radical (unpaired) electrons. The number of carbonyl (C=O) groups is 1. The van der Waals surface area contributed by atoms with Crippen LogP contribution >= 0.6 is 35.2 Å². The van der Waals surface area contributed by atoms with E-state index in [4.69, 9.17) is 28.9 Å². The Morgan fingerprint density at radius 1 is 1.20 bits per heavy atom. The number of amides is 1. The SMILES string of the molecule is Cn1c(O)c(C=NCC(=O)N2N=C(c3ccc4ccccc4c3)CC2c2ccc(Cl)cc2)sc1=S. The summed E-state index contributed by atoms with van der Waals surface area (Å²) in [5, 5.41) is 19.3. The summed E-state index contributed by atoms with van der Waals surface area (Å²) in [6.45, 7) is -0.105. The lowest BCUT2D eigenvalue weighted by Crippen LogP contribution is -2.29. The average molecular weight is 521 g/mol. The number of aromatic hydroxyl groups is 1. The number of hydrogen-bond donors (Lipinski definition) is 1. The molecule has 4 aromatic rings. The molecule has 0 spiro atoms. The van der Waals surface area contributed by atoms with Gasteiger partial charge in [-0.2, -0.15) is 5.10 Å². The van der Waals surface area contributed by atoms with Gasteiger partial charge in [-0.05, 0) is 52.3 Å². The Labute approximate surface area is 216 Å². The van der Waals surface area contributed by atoms with Crippen LogP contribution in [0.25, 0.3) is 10.8 Å². The predicted octanol–water partition coefficient (Wildman–Crippen LogP) is 6.13.